The molecular formula is C9H4BrClFN3OS. The van der Waals surface area contributed by atoms with Crippen LogP contribution in [0.3, 0.4) is 0 Å². The maximum Gasteiger partial charge on any atom is 0.286 e. The van der Waals surface area contributed by atoms with Gasteiger partial charge < -0.3 is 5.32 Å². The number of hydrogen-bond acceptors (Lipinski definition) is 4. The van der Waals surface area contributed by atoms with Crippen molar-refractivity contribution in [2.24, 2.45) is 0 Å². The first-order valence-electron chi connectivity index (χ1n) is 4.31. The Balaban J connectivity index is 2.21. The van der Waals surface area contributed by atoms with Gasteiger partial charge in [0.05, 0.1) is 5.69 Å². The molecule has 0 aliphatic heterocycles. The molecule has 1 N–H and O–H groups in total. The zero-order valence-corrected chi connectivity index (χ0v) is 11.2. The lowest BCUT2D eigenvalue weighted by atomic mass is 10.3. The molecule has 1 aromatic heterocycles. The number of aromatic nitrogens is 2. The quantitative estimate of drug-likeness (QED) is 0.915. The number of rotatable bonds is 2. The second-order valence-corrected chi connectivity index (χ2v) is 5.35. The molecular weight excluding hydrogens is 333 g/mol. The van der Waals surface area contributed by atoms with E-state index in [4.69, 9.17) is 11.6 Å². The molecule has 0 radical (unpaired) electrons. The Bertz CT molecular complexity index is 577. The van der Waals surface area contributed by atoms with Crippen LogP contribution in [0.2, 0.25) is 4.47 Å². The van der Waals surface area contributed by atoms with E-state index in [2.05, 4.69) is 31.4 Å². The van der Waals surface area contributed by atoms with Gasteiger partial charge in [0.1, 0.15) is 5.82 Å². The van der Waals surface area contributed by atoms with E-state index in [1.54, 1.807) is 0 Å². The normalized spacial score (nSPS) is 10.3. The van der Waals surface area contributed by atoms with Gasteiger partial charge in [-0.05, 0) is 45.7 Å². The number of nitrogens with zero attached hydrogens (tertiary/aromatic N) is 2. The van der Waals surface area contributed by atoms with Gasteiger partial charge in [-0.15, -0.1) is 10.2 Å². The van der Waals surface area contributed by atoms with Crippen LogP contribution in [0.5, 0.6) is 0 Å². The van der Waals surface area contributed by atoms with Gasteiger partial charge in [0, 0.05) is 4.47 Å². The molecule has 8 heteroatoms. The van der Waals surface area contributed by atoms with Crippen LogP contribution in [0.15, 0.2) is 22.7 Å². The smallest absolute Gasteiger partial charge is 0.286 e. The van der Waals surface area contributed by atoms with Crippen molar-refractivity contribution in [3.8, 4) is 0 Å². The van der Waals surface area contributed by atoms with Gasteiger partial charge in [0.25, 0.3) is 5.91 Å². The lowest BCUT2D eigenvalue weighted by Gasteiger charge is -2.05. The number of carbonyl (C=O) groups excluding carboxylic acids is 1. The molecule has 1 amide bonds. The van der Waals surface area contributed by atoms with Crippen LogP contribution >= 0.6 is 38.9 Å². The lowest BCUT2D eigenvalue weighted by molar-refractivity contribution is 0.102. The Hall–Kier alpha value is -1.05. The van der Waals surface area contributed by atoms with Crippen LogP contribution in [-0.4, -0.2) is 16.1 Å². The number of halogens is 3. The third-order valence-electron chi connectivity index (χ3n) is 1.77. The second-order valence-electron chi connectivity index (χ2n) is 2.94. The summed E-state index contributed by atoms with van der Waals surface area (Å²) in [6.07, 6.45) is 0. The molecule has 0 saturated heterocycles. The van der Waals surface area contributed by atoms with Crippen molar-refractivity contribution in [1.82, 2.24) is 10.2 Å². The van der Waals surface area contributed by atoms with Gasteiger partial charge >= 0.3 is 0 Å². The van der Waals surface area contributed by atoms with Crippen molar-refractivity contribution in [1.29, 1.82) is 0 Å². The molecule has 2 aromatic rings. The Kier molecular flexibility index (Phi) is 3.70. The highest BCUT2D eigenvalue weighted by Crippen LogP contribution is 2.24. The van der Waals surface area contributed by atoms with Gasteiger partial charge in [0.2, 0.25) is 9.47 Å². The van der Waals surface area contributed by atoms with E-state index in [9.17, 15) is 9.18 Å². The predicted molar refractivity (Wildman–Crippen MR) is 67.0 cm³/mol. The standard InChI is InChI=1S/C9H4BrClFN3OS/c10-5-2-1-4(12)3-6(5)13-7(16)8-14-15-9(11)17-8/h1-3H,(H,13,16). The van der Waals surface area contributed by atoms with E-state index in [1.807, 2.05) is 0 Å². The number of nitrogens with one attached hydrogen (secondary N) is 1. The second kappa shape index (κ2) is 5.07. The first-order valence-corrected chi connectivity index (χ1v) is 6.30. The Morgan fingerprint density at radius 2 is 2.24 bits per heavy atom. The van der Waals surface area contributed by atoms with Crippen LogP contribution in [0.4, 0.5) is 10.1 Å². The van der Waals surface area contributed by atoms with E-state index < -0.39 is 11.7 Å². The zero-order chi connectivity index (χ0) is 12.4. The summed E-state index contributed by atoms with van der Waals surface area (Å²) in [6.45, 7) is 0. The minimum absolute atomic E-state index is 0.117. The maximum atomic E-state index is 13.0. The number of amides is 1. The first-order chi connectivity index (χ1) is 8.06. The van der Waals surface area contributed by atoms with Gasteiger partial charge in [-0.25, -0.2) is 4.39 Å². The fraction of sp³-hybridized carbons (Fsp3) is 0. The molecule has 0 aliphatic carbocycles. The predicted octanol–water partition coefficient (Wildman–Crippen LogP) is 3.35. The van der Waals surface area contributed by atoms with Crippen LogP contribution in [0.1, 0.15) is 9.80 Å². The molecule has 4 nitrogen and oxygen atoms in total. The zero-order valence-electron chi connectivity index (χ0n) is 8.08. The molecule has 0 spiro atoms. The Morgan fingerprint density at radius 1 is 1.47 bits per heavy atom. The fourth-order valence-electron chi connectivity index (χ4n) is 1.07. The number of anilines is 1. The van der Waals surface area contributed by atoms with E-state index >= 15 is 0 Å². The Morgan fingerprint density at radius 3 is 2.88 bits per heavy atom. The van der Waals surface area contributed by atoms with Crippen molar-refractivity contribution in [2.45, 2.75) is 0 Å². The minimum atomic E-state index is -0.485. The number of hydrogen-bond donors (Lipinski definition) is 1. The van der Waals surface area contributed by atoms with Crippen LogP contribution < -0.4 is 5.32 Å². The summed E-state index contributed by atoms with van der Waals surface area (Å²) in [5, 5.41) is 9.71. The highest BCUT2D eigenvalue weighted by molar-refractivity contribution is 9.10. The van der Waals surface area contributed by atoms with Crippen LogP contribution in [0.25, 0.3) is 0 Å². The molecule has 0 fully saturated rings. The summed E-state index contributed by atoms with van der Waals surface area (Å²) in [4.78, 5) is 11.7. The average Bonchev–Trinajstić information content (AvgIpc) is 2.70. The van der Waals surface area contributed by atoms with Crippen molar-refractivity contribution in [3.05, 3.63) is 38.0 Å². The summed E-state index contributed by atoms with van der Waals surface area (Å²) in [5.74, 6) is -0.931. The molecule has 0 unspecified atom stereocenters. The van der Waals surface area contributed by atoms with Gasteiger partial charge in [-0.3, -0.25) is 4.79 Å². The summed E-state index contributed by atoms with van der Waals surface area (Å²) in [7, 11) is 0. The van der Waals surface area contributed by atoms with Gasteiger partial charge in [-0.1, -0.05) is 11.3 Å². The SMILES string of the molecule is O=C(Nc1cc(F)ccc1Br)c1nnc(Cl)s1. The van der Waals surface area contributed by atoms with E-state index in [-0.39, 0.29) is 9.47 Å². The molecule has 88 valence electrons. The van der Waals surface area contributed by atoms with Crippen molar-refractivity contribution >= 4 is 50.5 Å². The van der Waals surface area contributed by atoms with Crippen molar-refractivity contribution in [3.63, 3.8) is 0 Å². The molecule has 0 aliphatic rings. The van der Waals surface area contributed by atoms with Crippen molar-refractivity contribution in [2.75, 3.05) is 5.32 Å². The van der Waals surface area contributed by atoms with E-state index in [0.717, 1.165) is 11.3 Å². The molecule has 2 rings (SSSR count). The molecule has 1 aromatic carbocycles. The highest BCUT2D eigenvalue weighted by Gasteiger charge is 2.13. The molecule has 0 bridgehead atoms. The fourth-order valence-corrected chi connectivity index (χ4v) is 2.14. The summed E-state index contributed by atoms with van der Waals surface area (Å²) in [6, 6.07) is 3.98. The molecule has 0 atom stereocenters. The lowest BCUT2D eigenvalue weighted by Crippen LogP contribution is -2.12. The third-order valence-corrected chi connectivity index (χ3v) is 3.48. The topological polar surface area (TPSA) is 54.9 Å². The van der Waals surface area contributed by atoms with Crippen LogP contribution in [0, 0.1) is 5.82 Å². The largest absolute Gasteiger partial charge is 0.319 e. The summed E-state index contributed by atoms with van der Waals surface area (Å²) >= 11 is 9.70. The average molecular weight is 337 g/mol. The third kappa shape index (κ3) is 2.99. The first kappa shape index (κ1) is 12.4. The Labute approximate surface area is 113 Å². The molecule has 17 heavy (non-hydrogen) atoms. The number of carbonyl (C=O) groups is 1. The van der Waals surface area contributed by atoms with E-state index in [0.29, 0.717) is 10.2 Å². The van der Waals surface area contributed by atoms with Gasteiger partial charge in [-0.2, -0.15) is 0 Å². The van der Waals surface area contributed by atoms with Crippen LogP contribution in [-0.2, 0) is 0 Å². The van der Waals surface area contributed by atoms with Crippen molar-refractivity contribution < 1.29 is 9.18 Å². The van der Waals surface area contributed by atoms with Gasteiger partial charge in [0.15, 0.2) is 0 Å². The monoisotopic (exact) mass is 335 g/mol. The minimum Gasteiger partial charge on any atom is -0.319 e. The number of benzene rings is 1. The molecule has 0 saturated carbocycles. The van der Waals surface area contributed by atoms with E-state index in [1.165, 1.54) is 18.2 Å². The summed E-state index contributed by atoms with van der Waals surface area (Å²) in [5.41, 5.74) is 0.321. The highest BCUT2D eigenvalue weighted by atomic mass is 79.9. The maximum absolute atomic E-state index is 13.0. The summed E-state index contributed by atoms with van der Waals surface area (Å²) < 4.78 is 13.7. The molecule has 1 heterocycles.